The summed E-state index contributed by atoms with van der Waals surface area (Å²) in [6.07, 6.45) is 1.33. The lowest BCUT2D eigenvalue weighted by Gasteiger charge is -2.13. The number of methoxy groups -OCH3 is 3. The van der Waals surface area contributed by atoms with Crippen LogP contribution in [0.2, 0.25) is 0 Å². The van der Waals surface area contributed by atoms with Crippen LogP contribution in [-0.2, 0) is 4.79 Å². The molecule has 2 rings (SSSR count). The lowest BCUT2D eigenvalue weighted by atomic mass is 10.1. The second kappa shape index (κ2) is 7.53. The van der Waals surface area contributed by atoms with Crippen molar-refractivity contribution in [2.24, 2.45) is 0 Å². The van der Waals surface area contributed by atoms with Gasteiger partial charge in [0.2, 0.25) is 0 Å². The van der Waals surface area contributed by atoms with Crippen molar-refractivity contribution in [2.75, 3.05) is 21.3 Å². The number of rotatable bonds is 6. The molecule has 1 aromatic heterocycles. The molecule has 1 N–H and O–H groups in total. The van der Waals surface area contributed by atoms with Gasteiger partial charge in [0.05, 0.1) is 26.9 Å². The Morgan fingerprint density at radius 3 is 2.25 bits per heavy atom. The SMILES string of the molecule is COc1cc(OC)c(-c2ccc(C=C(C#N)C(=O)O)s2)c(OC)c1. The molecular weight excluding hydrogens is 330 g/mol. The van der Waals surface area contributed by atoms with Crippen molar-refractivity contribution >= 4 is 23.4 Å². The molecule has 0 amide bonds. The highest BCUT2D eigenvalue weighted by atomic mass is 32.1. The van der Waals surface area contributed by atoms with Crippen molar-refractivity contribution in [1.29, 1.82) is 5.26 Å². The maximum Gasteiger partial charge on any atom is 0.346 e. The van der Waals surface area contributed by atoms with E-state index in [2.05, 4.69) is 0 Å². The van der Waals surface area contributed by atoms with E-state index < -0.39 is 5.97 Å². The maximum absolute atomic E-state index is 10.9. The van der Waals surface area contributed by atoms with Gasteiger partial charge < -0.3 is 19.3 Å². The van der Waals surface area contributed by atoms with Crippen LogP contribution in [0.15, 0.2) is 29.8 Å². The molecule has 2 aromatic rings. The number of carboxylic acids is 1. The molecule has 0 saturated heterocycles. The molecule has 1 heterocycles. The summed E-state index contributed by atoms with van der Waals surface area (Å²) in [6.45, 7) is 0. The molecule has 24 heavy (non-hydrogen) atoms. The number of carboxylic acid groups (broad SMARTS) is 1. The van der Waals surface area contributed by atoms with E-state index in [-0.39, 0.29) is 5.57 Å². The quantitative estimate of drug-likeness (QED) is 0.637. The molecule has 0 unspecified atom stereocenters. The molecule has 6 nitrogen and oxygen atoms in total. The Morgan fingerprint density at radius 1 is 1.17 bits per heavy atom. The van der Waals surface area contributed by atoms with E-state index >= 15 is 0 Å². The number of carbonyl (C=O) groups is 1. The number of benzene rings is 1. The first kappa shape index (κ1) is 17.4. The van der Waals surface area contributed by atoms with Gasteiger partial charge in [0, 0.05) is 21.9 Å². The van der Waals surface area contributed by atoms with E-state index in [1.165, 1.54) is 17.4 Å². The van der Waals surface area contributed by atoms with Gasteiger partial charge in [0.25, 0.3) is 0 Å². The summed E-state index contributed by atoms with van der Waals surface area (Å²) in [5.41, 5.74) is 0.413. The topological polar surface area (TPSA) is 88.8 Å². The molecule has 0 aliphatic rings. The minimum Gasteiger partial charge on any atom is -0.496 e. The first-order chi connectivity index (χ1) is 11.5. The van der Waals surface area contributed by atoms with Gasteiger partial charge in [-0.05, 0) is 18.2 Å². The number of nitriles is 1. The second-order valence-corrected chi connectivity index (χ2v) is 5.70. The average molecular weight is 345 g/mol. The largest absolute Gasteiger partial charge is 0.496 e. The van der Waals surface area contributed by atoms with Gasteiger partial charge in [-0.1, -0.05) is 0 Å². The van der Waals surface area contributed by atoms with E-state index in [1.807, 2.05) is 6.07 Å². The minimum absolute atomic E-state index is 0.322. The highest BCUT2D eigenvalue weighted by molar-refractivity contribution is 7.16. The average Bonchev–Trinajstić information content (AvgIpc) is 3.06. The summed E-state index contributed by atoms with van der Waals surface area (Å²) in [7, 11) is 4.64. The molecule has 124 valence electrons. The first-order valence-electron chi connectivity index (χ1n) is 6.79. The maximum atomic E-state index is 10.9. The second-order valence-electron chi connectivity index (χ2n) is 4.58. The van der Waals surface area contributed by atoms with E-state index in [1.54, 1.807) is 45.6 Å². The third kappa shape index (κ3) is 3.50. The van der Waals surface area contributed by atoms with Crippen molar-refractivity contribution in [3.05, 3.63) is 34.7 Å². The van der Waals surface area contributed by atoms with Crippen LogP contribution in [0.25, 0.3) is 16.5 Å². The zero-order valence-electron chi connectivity index (χ0n) is 13.3. The van der Waals surface area contributed by atoms with Gasteiger partial charge in [0.15, 0.2) is 0 Å². The Kier molecular flexibility index (Phi) is 5.45. The van der Waals surface area contributed by atoms with Gasteiger partial charge in [-0.3, -0.25) is 0 Å². The zero-order chi connectivity index (χ0) is 17.7. The molecule has 0 saturated carbocycles. The fourth-order valence-electron chi connectivity index (χ4n) is 2.10. The molecule has 0 radical (unpaired) electrons. The van der Waals surface area contributed by atoms with Crippen LogP contribution in [0.5, 0.6) is 17.2 Å². The molecule has 7 heteroatoms. The fourth-order valence-corrected chi connectivity index (χ4v) is 3.10. The number of nitrogens with zero attached hydrogens (tertiary/aromatic N) is 1. The molecule has 0 spiro atoms. The van der Waals surface area contributed by atoms with Crippen molar-refractivity contribution in [1.82, 2.24) is 0 Å². The molecular formula is C17H15NO5S. The van der Waals surface area contributed by atoms with Gasteiger partial charge in [-0.2, -0.15) is 5.26 Å². The molecule has 0 fully saturated rings. The van der Waals surface area contributed by atoms with Gasteiger partial charge in [0.1, 0.15) is 28.9 Å². The Labute approximate surface area is 143 Å². The van der Waals surface area contributed by atoms with Gasteiger partial charge in [-0.15, -0.1) is 11.3 Å². The smallest absolute Gasteiger partial charge is 0.346 e. The normalized spacial score (nSPS) is 10.8. The summed E-state index contributed by atoms with van der Waals surface area (Å²) >= 11 is 1.33. The summed E-state index contributed by atoms with van der Waals surface area (Å²) in [6, 6.07) is 8.70. The van der Waals surface area contributed by atoms with Crippen molar-refractivity contribution in [3.8, 4) is 33.8 Å². The Balaban J connectivity index is 2.54. The lowest BCUT2D eigenvalue weighted by molar-refractivity contribution is -0.132. The fraction of sp³-hybridized carbons (Fsp3) is 0.176. The number of thiophene rings is 1. The predicted molar refractivity (Wildman–Crippen MR) is 90.6 cm³/mol. The Bertz CT molecular complexity index is 807. The van der Waals surface area contributed by atoms with Crippen LogP contribution in [0.1, 0.15) is 4.88 Å². The summed E-state index contributed by atoms with van der Waals surface area (Å²) in [5, 5.41) is 17.8. The van der Waals surface area contributed by atoms with Crippen LogP contribution in [0.3, 0.4) is 0 Å². The molecule has 0 aliphatic heterocycles. The van der Waals surface area contributed by atoms with Crippen LogP contribution in [-0.4, -0.2) is 32.4 Å². The monoisotopic (exact) mass is 345 g/mol. The zero-order valence-corrected chi connectivity index (χ0v) is 14.1. The molecule has 0 aliphatic carbocycles. The van der Waals surface area contributed by atoms with Crippen molar-refractivity contribution in [3.63, 3.8) is 0 Å². The predicted octanol–water partition coefficient (Wildman–Crippen LogP) is 3.43. The van der Waals surface area contributed by atoms with Crippen LogP contribution >= 0.6 is 11.3 Å². The van der Waals surface area contributed by atoms with Gasteiger partial charge in [-0.25, -0.2) is 4.79 Å². The highest BCUT2D eigenvalue weighted by Gasteiger charge is 2.17. The Morgan fingerprint density at radius 2 is 1.79 bits per heavy atom. The summed E-state index contributed by atoms with van der Waals surface area (Å²) in [5.74, 6) is 0.485. The number of hydrogen-bond donors (Lipinski definition) is 1. The Hall–Kier alpha value is -2.98. The molecule has 0 atom stereocenters. The van der Waals surface area contributed by atoms with E-state index in [0.717, 1.165) is 10.4 Å². The van der Waals surface area contributed by atoms with E-state index in [0.29, 0.717) is 22.1 Å². The highest BCUT2D eigenvalue weighted by Crippen LogP contribution is 2.44. The standard InChI is InChI=1S/C17H15NO5S/c1-21-11-7-13(22-2)16(14(8-11)23-3)15-5-4-12(24-15)6-10(9-18)17(19)20/h4-8H,1-3H3,(H,19,20). The van der Waals surface area contributed by atoms with Crippen molar-refractivity contribution < 1.29 is 24.1 Å². The van der Waals surface area contributed by atoms with Crippen molar-refractivity contribution in [2.45, 2.75) is 0 Å². The van der Waals surface area contributed by atoms with E-state index in [4.69, 9.17) is 24.6 Å². The van der Waals surface area contributed by atoms with Crippen LogP contribution in [0.4, 0.5) is 0 Å². The third-order valence-corrected chi connectivity index (χ3v) is 4.28. The lowest BCUT2D eigenvalue weighted by Crippen LogP contribution is -1.96. The number of hydrogen-bond acceptors (Lipinski definition) is 6. The molecule has 1 aromatic carbocycles. The van der Waals surface area contributed by atoms with Crippen LogP contribution < -0.4 is 14.2 Å². The molecule has 0 bridgehead atoms. The first-order valence-corrected chi connectivity index (χ1v) is 7.61. The van der Waals surface area contributed by atoms with Gasteiger partial charge >= 0.3 is 5.97 Å². The summed E-state index contributed by atoms with van der Waals surface area (Å²) < 4.78 is 16.1. The number of aliphatic carboxylic acids is 1. The van der Waals surface area contributed by atoms with E-state index in [9.17, 15) is 4.79 Å². The number of ether oxygens (including phenoxy) is 3. The summed E-state index contributed by atoms with van der Waals surface area (Å²) in [4.78, 5) is 12.4. The van der Waals surface area contributed by atoms with Crippen LogP contribution in [0, 0.1) is 11.3 Å². The third-order valence-electron chi connectivity index (χ3n) is 3.23. The minimum atomic E-state index is -1.26.